The summed E-state index contributed by atoms with van der Waals surface area (Å²) >= 11 is 1.59. The molecule has 0 bridgehead atoms. The number of amides is 1. The smallest absolute Gasteiger partial charge is 0.270 e. The predicted octanol–water partition coefficient (Wildman–Crippen LogP) is 4.16. The van der Waals surface area contributed by atoms with Crippen molar-refractivity contribution < 1.29 is 14.6 Å². The predicted molar refractivity (Wildman–Crippen MR) is 118 cm³/mol. The molecule has 4 rings (SSSR count). The van der Waals surface area contributed by atoms with Crippen molar-refractivity contribution in [3.8, 4) is 0 Å². The number of hydrogen-bond acceptors (Lipinski definition) is 6. The Bertz CT molecular complexity index is 1020. The summed E-state index contributed by atoms with van der Waals surface area (Å²) < 4.78 is 7.10. The molecule has 1 amide bonds. The number of thiophene rings is 1. The molecule has 3 aromatic heterocycles. The quantitative estimate of drug-likeness (QED) is 0.620. The lowest BCUT2D eigenvalue weighted by Gasteiger charge is -2.28. The number of fused-ring (bicyclic) bond motifs is 1. The molecule has 0 saturated heterocycles. The highest BCUT2D eigenvalue weighted by molar-refractivity contribution is 7.17. The average molecular weight is 426 g/mol. The van der Waals surface area contributed by atoms with Crippen LogP contribution in [0.1, 0.15) is 66.0 Å². The van der Waals surface area contributed by atoms with Gasteiger partial charge in [-0.3, -0.25) is 9.78 Å². The van der Waals surface area contributed by atoms with Crippen molar-refractivity contribution in [2.75, 3.05) is 6.61 Å². The summed E-state index contributed by atoms with van der Waals surface area (Å²) in [5, 5.41) is 15.2. The van der Waals surface area contributed by atoms with Crippen LogP contribution in [-0.2, 0) is 4.74 Å². The van der Waals surface area contributed by atoms with Crippen LogP contribution in [0.4, 0.5) is 0 Å². The van der Waals surface area contributed by atoms with Crippen molar-refractivity contribution in [1.29, 1.82) is 0 Å². The first-order valence-corrected chi connectivity index (χ1v) is 11.4. The maximum Gasteiger partial charge on any atom is 0.270 e. The first kappa shape index (κ1) is 20.9. The summed E-state index contributed by atoms with van der Waals surface area (Å²) in [6.45, 7) is 4.44. The fourth-order valence-electron chi connectivity index (χ4n) is 3.98. The minimum absolute atomic E-state index is 0.223. The Balaban J connectivity index is 1.71. The zero-order valence-corrected chi connectivity index (χ0v) is 18.1. The van der Waals surface area contributed by atoms with E-state index in [0.717, 1.165) is 52.7 Å². The third-order valence-corrected chi connectivity index (χ3v) is 6.52. The van der Waals surface area contributed by atoms with Gasteiger partial charge < -0.3 is 15.2 Å². The van der Waals surface area contributed by atoms with Crippen LogP contribution < -0.4 is 5.32 Å². The van der Waals surface area contributed by atoms with Crippen molar-refractivity contribution in [3.63, 3.8) is 0 Å². The molecule has 0 radical (unpaired) electrons. The first-order chi connectivity index (χ1) is 14.6. The molecule has 1 aliphatic carbocycles. The lowest BCUT2D eigenvalue weighted by molar-refractivity contribution is 0.0713. The lowest BCUT2D eigenvalue weighted by Crippen LogP contribution is -2.45. The van der Waals surface area contributed by atoms with Gasteiger partial charge in [0.15, 0.2) is 0 Å². The van der Waals surface area contributed by atoms with Crippen molar-refractivity contribution in [1.82, 2.24) is 15.3 Å². The molecule has 3 heterocycles. The van der Waals surface area contributed by atoms with E-state index >= 15 is 0 Å². The van der Waals surface area contributed by atoms with Crippen LogP contribution in [0.5, 0.6) is 0 Å². The maximum absolute atomic E-state index is 13.0. The molecule has 3 atom stereocenters. The number of ether oxygens (including phenoxy) is 1. The first-order valence-electron chi connectivity index (χ1n) is 10.5. The van der Waals surface area contributed by atoms with Crippen molar-refractivity contribution >= 4 is 27.5 Å². The molecule has 1 unspecified atom stereocenters. The molecule has 6 nitrogen and oxygen atoms in total. The largest absolute Gasteiger partial charge is 0.391 e. The Labute approximate surface area is 180 Å². The Kier molecular flexibility index (Phi) is 6.41. The monoisotopic (exact) mass is 425 g/mol. The zero-order chi connectivity index (χ0) is 21.1. The van der Waals surface area contributed by atoms with Crippen LogP contribution in [0, 0.1) is 6.92 Å². The Morgan fingerprint density at radius 3 is 2.90 bits per heavy atom. The molecule has 7 heteroatoms. The normalized spacial score (nSPS) is 20.2. The average Bonchev–Trinajstić information content (AvgIpc) is 3.23. The third kappa shape index (κ3) is 4.38. The molecular weight excluding hydrogens is 398 g/mol. The number of pyridine rings is 2. The molecular formula is C23H27N3O3S. The Morgan fingerprint density at radius 2 is 2.17 bits per heavy atom. The molecule has 158 valence electrons. The number of aryl methyl sites for hydroxylation is 1. The lowest BCUT2D eigenvalue weighted by atomic mass is 9.92. The van der Waals surface area contributed by atoms with E-state index in [2.05, 4.69) is 15.3 Å². The fourth-order valence-corrected chi connectivity index (χ4v) is 4.85. The second-order valence-electron chi connectivity index (χ2n) is 7.73. The molecule has 1 aliphatic rings. The van der Waals surface area contributed by atoms with E-state index < -0.39 is 6.10 Å². The van der Waals surface area contributed by atoms with Crippen molar-refractivity contribution in [3.05, 3.63) is 58.4 Å². The second-order valence-corrected chi connectivity index (χ2v) is 8.65. The van der Waals surface area contributed by atoms with E-state index in [1.807, 2.05) is 49.7 Å². The van der Waals surface area contributed by atoms with Gasteiger partial charge in [-0.2, -0.15) is 0 Å². The summed E-state index contributed by atoms with van der Waals surface area (Å²) in [6.07, 6.45) is 4.51. The minimum atomic E-state index is -0.498. The molecule has 0 spiro atoms. The van der Waals surface area contributed by atoms with Gasteiger partial charge in [0.2, 0.25) is 0 Å². The van der Waals surface area contributed by atoms with Crippen molar-refractivity contribution in [2.24, 2.45) is 0 Å². The highest BCUT2D eigenvalue weighted by atomic mass is 32.1. The van der Waals surface area contributed by atoms with E-state index in [1.165, 1.54) is 0 Å². The standard InChI is InChI=1S/C23H27N3O3S/c1-3-29-21(15-9-8-14(2)24-13-15)16-12-19(25-18-10-11-30-22(16)18)23(28)26-17-6-4-5-7-20(17)27/h8-13,17,20-21,27H,3-7H2,1-2H3,(H,26,28)/t17-,20-,21?/m1/s1. The summed E-state index contributed by atoms with van der Waals surface area (Å²) in [6, 6.07) is 7.50. The van der Waals surface area contributed by atoms with Crippen LogP contribution in [-0.4, -0.2) is 39.7 Å². The van der Waals surface area contributed by atoms with E-state index in [0.29, 0.717) is 12.3 Å². The van der Waals surface area contributed by atoms with Crippen LogP contribution >= 0.6 is 11.3 Å². The van der Waals surface area contributed by atoms with Gasteiger partial charge in [-0.05, 0) is 50.3 Å². The number of carbonyl (C=O) groups is 1. The highest BCUT2D eigenvalue weighted by Crippen LogP contribution is 2.34. The Hall–Kier alpha value is -2.35. The van der Waals surface area contributed by atoms with Gasteiger partial charge in [0.05, 0.1) is 22.4 Å². The van der Waals surface area contributed by atoms with E-state index in [1.54, 1.807) is 11.3 Å². The van der Waals surface area contributed by atoms with Crippen LogP contribution in [0.3, 0.4) is 0 Å². The Morgan fingerprint density at radius 1 is 1.33 bits per heavy atom. The number of carbonyl (C=O) groups excluding carboxylic acids is 1. The third-order valence-electron chi connectivity index (χ3n) is 5.57. The molecule has 1 fully saturated rings. The number of nitrogens with zero attached hydrogens (tertiary/aromatic N) is 2. The van der Waals surface area contributed by atoms with Crippen LogP contribution in [0.15, 0.2) is 35.8 Å². The maximum atomic E-state index is 13.0. The van der Waals surface area contributed by atoms with Gasteiger partial charge in [-0.25, -0.2) is 4.98 Å². The number of aromatic nitrogens is 2. The molecule has 0 aromatic carbocycles. The van der Waals surface area contributed by atoms with Gasteiger partial charge in [0.25, 0.3) is 5.91 Å². The van der Waals surface area contributed by atoms with E-state index in [9.17, 15) is 9.90 Å². The topological polar surface area (TPSA) is 84.3 Å². The number of nitrogens with one attached hydrogen (secondary N) is 1. The summed E-state index contributed by atoms with van der Waals surface area (Å²) in [4.78, 5) is 22.0. The second kappa shape index (κ2) is 9.20. The molecule has 30 heavy (non-hydrogen) atoms. The summed E-state index contributed by atoms with van der Waals surface area (Å²) in [7, 11) is 0. The summed E-state index contributed by atoms with van der Waals surface area (Å²) in [5.74, 6) is -0.257. The van der Waals surface area contributed by atoms with Gasteiger partial charge in [-0.15, -0.1) is 11.3 Å². The van der Waals surface area contributed by atoms with Gasteiger partial charge in [0, 0.05) is 29.6 Å². The molecule has 2 N–H and O–H groups in total. The summed E-state index contributed by atoms with van der Waals surface area (Å²) in [5.41, 5.74) is 3.92. The number of aliphatic hydroxyl groups excluding tert-OH is 1. The number of hydrogen-bond donors (Lipinski definition) is 2. The minimum Gasteiger partial charge on any atom is -0.391 e. The molecule has 0 aliphatic heterocycles. The van der Waals surface area contributed by atoms with Gasteiger partial charge in [0.1, 0.15) is 11.8 Å². The SMILES string of the molecule is CCOC(c1ccc(C)nc1)c1cc(C(=O)N[C@@H]2CCCC[C@H]2O)nc2ccsc12. The fraction of sp³-hybridized carbons (Fsp3) is 0.435. The highest BCUT2D eigenvalue weighted by Gasteiger charge is 2.27. The van der Waals surface area contributed by atoms with Crippen molar-refractivity contribution in [2.45, 2.75) is 57.8 Å². The molecule has 3 aromatic rings. The van der Waals surface area contributed by atoms with Gasteiger partial charge >= 0.3 is 0 Å². The number of rotatable bonds is 6. The van der Waals surface area contributed by atoms with E-state index in [4.69, 9.17) is 4.74 Å². The van der Waals surface area contributed by atoms with Gasteiger partial charge in [-0.1, -0.05) is 18.9 Å². The molecule has 1 saturated carbocycles. The zero-order valence-electron chi connectivity index (χ0n) is 17.3. The van der Waals surface area contributed by atoms with Crippen LogP contribution in [0.25, 0.3) is 10.2 Å². The van der Waals surface area contributed by atoms with Crippen LogP contribution in [0.2, 0.25) is 0 Å². The number of aliphatic hydroxyl groups is 1. The van der Waals surface area contributed by atoms with E-state index in [-0.39, 0.29) is 18.1 Å².